The van der Waals surface area contributed by atoms with Crippen LogP contribution in [0.4, 0.5) is 0 Å². The van der Waals surface area contributed by atoms with Crippen LogP contribution in [0.2, 0.25) is 0 Å². The van der Waals surface area contributed by atoms with Gasteiger partial charge in [-0.25, -0.2) is 0 Å². The van der Waals surface area contributed by atoms with Crippen molar-refractivity contribution in [2.24, 2.45) is 0 Å². The predicted molar refractivity (Wildman–Crippen MR) is 91.2 cm³/mol. The minimum absolute atomic E-state index is 0.0681. The minimum atomic E-state index is -0.0681. The van der Waals surface area contributed by atoms with E-state index < -0.39 is 0 Å². The molecule has 1 fully saturated rings. The van der Waals surface area contributed by atoms with Crippen LogP contribution < -0.4 is 5.32 Å². The van der Waals surface area contributed by atoms with Crippen LogP contribution in [0, 0.1) is 11.3 Å². The summed E-state index contributed by atoms with van der Waals surface area (Å²) in [6, 6.07) is 13.6. The largest absolute Gasteiger partial charge is 0.348 e. The number of aromatic nitrogens is 1. The maximum Gasteiger partial charge on any atom is 0.253 e. The first kappa shape index (κ1) is 16.2. The molecule has 1 amide bonds. The summed E-state index contributed by atoms with van der Waals surface area (Å²) in [7, 11) is 0. The number of likely N-dealkylation sites (tertiary alicyclic amines) is 1. The molecule has 1 aromatic carbocycles. The van der Waals surface area contributed by atoms with Crippen molar-refractivity contribution in [1.82, 2.24) is 15.2 Å². The highest BCUT2D eigenvalue weighted by molar-refractivity contribution is 5.94. The molecule has 0 radical (unpaired) electrons. The van der Waals surface area contributed by atoms with Gasteiger partial charge in [-0.15, -0.1) is 0 Å². The molecular weight excluding hydrogens is 300 g/mol. The summed E-state index contributed by atoms with van der Waals surface area (Å²) in [5.74, 6) is -0.0681. The van der Waals surface area contributed by atoms with Gasteiger partial charge < -0.3 is 5.32 Å². The third-order valence-corrected chi connectivity index (χ3v) is 4.23. The van der Waals surface area contributed by atoms with Gasteiger partial charge in [0.05, 0.1) is 17.2 Å². The SMILES string of the molecule is N#Cc1cccc(CN2CCCC(NC(=O)c3cccnc3)C2)c1. The normalized spacial score (nSPS) is 17.9. The number of amides is 1. The quantitative estimate of drug-likeness (QED) is 0.939. The molecule has 0 aliphatic carbocycles. The number of nitrogens with one attached hydrogen (secondary N) is 1. The Hall–Kier alpha value is -2.71. The molecule has 1 saturated heterocycles. The molecule has 3 rings (SSSR count). The number of nitrogens with zero attached hydrogens (tertiary/aromatic N) is 3. The molecule has 1 aliphatic rings. The van der Waals surface area contributed by atoms with Crippen LogP contribution in [0.1, 0.15) is 34.3 Å². The lowest BCUT2D eigenvalue weighted by molar-refractivity contribution is 0.0900. The zero-order valence-electron chi connectivity index (χ0n) is 13.5. The predicted octanol–water partition coefficient (Wildman–Crippen LogP) is 2.35. The van der Waals surface area contributed by atoms with Gasteiger partial charge in [0.25, 0.3) is 5.91 Å². The zero-order valence-corrected chi connectivity index (χ0v) is 13.5. The van der Waals surface area contributed by atoms with Crippen molar-refractivity contribution < 1.29 is 4.79 Å². The van der Waals surface area contributed by atoms with Crippen molar-refractivity contribution >= 4 is 5.91 Å². The second-order valence-electron chi connectivity index (χ2n) is 6.10. The Balaban J connectivity index is 1.58. The van der Waals surface area contributed by atoms with Crippen molar-refractivity contribution in [2.75, 3.05) is 13.1 Å². The highest BCUT2D eigenvalue weighted by Gasteiger charge is 2.22. The number of hydrogen-bond acceptors (Lipinski definition) is 4. The van der Waals surface area contributed by atoms with Gasteiger partial charge in [0.1, 0.15) is 0 Å². The standard InChI is InChI=1S/C19H20N4O/c20-11-15-4-1-5-16(10-15)13-23-9-3-7-18(14-23)22-19(24)17-6-2-8-21-12-17/h1-2,4-6,8,10,12,18H,3,7,9,13-14H2,(H,22,24). The van der Waals surface area contributed by atoms with E-state index in [1.54, 1.807) is 24.5 Å². The molecule has 1 N–H and O–H groups in total. The van der Waals surface area contributed by atoms with Crippen molar-refractivity contribution in [3.8, 4) is 6.07 Å². The fourth-order valence-corrected chi connectivity index (χ4v) is 3.08. The van der Waals surface area contributed by atoms with E-state index in [-0.39, 0.29) is 11.9 Å². The van der Waals surface area contributed by atoms with E-state index in [2.05, 4.69) is 21.3 Å². The first-order valence-electron chi connectivity index (χ1n) is 8.17. The second kappa shape index (κ2) is 7.71. The maximum atomic E-state index is 12.3. The molecule has 24 heavy (non-hydrogen) atoms. The molecule has 5 nitrogen and oxygen atoms in total. The van der Waals surface area contributed by atoms with E-state index in [1.807, 2.05) is 24.3 Å². The summed E-state index contributed by atoms with van der Waals surface area (Å²) in [4.78, 5) is 18.6. The minimum Gasteiger partial charge on any atom is -0.348 e. The van der Waals surface area contributed by atoms with Crippen LogP contribution in [0.15, 0.2) is 48.8 Å². The molecule has 0 saturated carbocycles. The molecule has 0 spiro atoms. The zero-order chi connectivity index (χ0) is 16.8. The lowest BCUT2D eigenvalue weighted by Crippen LogP contribution is -2.47. The first-order chi connectivity index (χ1) is 11.7. The number of nitriles is 1. The van der Waals surface area contributed by atoms with E-state index in [0.717, 1.165) is 38.0 Å². The Morgan fingerprint density at radius 2 is 2.29 bits per heavy atom. The number of hydrogen-bond donors (Lipinski definition) is 1. The second-order valence-corrected chi connectivity index (χ2v) is 6.10. The van der Waals surface area contributed by atoms with Crippen LogP contribution in [-0.4, -0.2) is 34.9 Å². The Kier molecular flexibility index (Phi) is 5.19. The molecule has 0 bridgehead atoms. The molecule has 1 aliphatic heterocycles. The first-order valence-corrected chi connectivity index (χ1v) is 8.17. The molecule has 5 heteroatoms. The topological polar surface area (TPSA) is 69.0 Å². The highest BCUT2D eigenvalue weighted by Crippen LogP contribution is 2.15. The Morgan fingerprint density at radius 3 is 3.08 bits per heavy atom. The number of carbonyl (C=O) groups is 1. The van der Waals surface area contributed by atoms with Crippen LogP contribution in [-0.2, 0) is 6.54 Å². The van der Waals surface area contributed by atoms with Crippen LogP contribution >= 0.6 is 0 Å². The molecule has 1 atom stereocenters. The number of rotatable bonds is 4. The van der Waals surface area contributed by atoms with E-state index in [9.17, 15) is 4.79 Å². The summed E-state index contributed by atoms with van der Waals surface area (Å²) < 4.78 is 0. The third-order valence-electron chi connectivity index (χ3n) is 4.23. The van der Waals surface area contributed by atoms with Gasteiger partial charge in [-0.05, 0) is 49.2 Å². The number of pyridine rings is 1. The van der Waals surface area contributed by atoms with Crippen molar-refractivity contribution in [1.29, 1.82) is 5.26 Å². The van der Waals surface area contributed by atoms with Gasteiger partial charge in [-0.1, -0.05) is 12.1 Å². The highest BCUT2D eigenvalue weighted by atomic mass is 16.1. The van der Waals surface area contributed by atoms with Crippen LogP contribution in [0.5, 0.6) is 0 Å². The van der Waals surface area contributed by atoms with E-state index >= 15 is 0 Å². The molecule has 1 unspecified atom stereocenters. The van der Waals surface area contributed by atoms with Crippen LogP contribution in [0.3, 0.4) is 0 Å². The summed E-state index contributed by atoms with van der Waals surface area (Å²) in [6.07, 6.45) is 5.29. The lowest BCUT2D eigenvalue weighted by atomic mass is 10.0. The van der Waals surface area contributed by atoms with Gasteiger partial charge in [-0.3, -0.25) is 14.7 Å². The van der Waals surface area contributed by atoms with Gasteiger partial charge >= 0.3 is 0 Å². The van der Waals surface area contributed by atoms with Crippen molar-refractivity contribution in [2.45, 2.75) is 25.4 Å². The number of carbonyl (C=O) groups excluding carboxylic acids is 1. The summed E-state index contributed by atoms with van der Waals surface area (Å²) in [5.41, 5.74) is 2.41. The molecule has 2 heterocycles. The maximum absolute atomic E-state index is 12.3. The number of benzene rings is 1. The number of piperidine rings is 1. The Bertz CT molecular complexity index is 739. The van der Waals surface area contributed by atoms with Gasteiger partial charge in [0.15, 0.2) is 0 Å². The summed E-state index contributed by atoms with van der Waals surface area (Å²) in [6.45, 7) is 2.63. The van der Waals surface area contributed by atoms with E-state index in [1.165, 1.54) is 0 Å². The smallest absolute Gasteiger partial charge is 0.253 e. The molecule has 1 aromatic heterocycles. The summed E-state index contributed by atoms with van der Waals surface area (Å²) >= 11 is 0. The Labute approximate surface area is 141 Å². The van der Waals surface area contributed by atoms with E-state index in [4.69, 9.17) is 5.26 Å². The monoisotopic (exact) mass is 320 g/mol. The van der Waals surface area contributed by atoms with Gasteiger partial charge in [-0.2, -0.15) is 5.26 Å². The molecular formula is C19H20N4O. The fraction of sp³-hybridized carbons (Fsp3) is 0.316. The average Bonchev–Trinajstić information content (AvgIpc) is 2.63. The Morgan fingerprint density at radius 1 is 1.38 bits per heavy atom. The van der Waals surface area contributed by atoms with Gasteiger partial charge in [0.2, 0.25) is 0 Å². The van der Waals surface area contributed by atoms with E-state index in [0.29, 0.717) is 11.1 Å². The lowest BCUT2D eigenvalue weighted by Gasteiger charge is -2.33. The van der Waals surface area contributed by atoms with Gasteiger partial charge in [0, 0.05) is 31.5 Å². The third kappa shape index (κ3) is 4.18. The average molecular weight is 320 g/mol. The van der Waals surface area contributed by atoms with Crippen molar-refractivity contribution in [3.63, 3.8) is 0 Å². The van der Waals surface area contributed by atoms with Crippen molar-refractivity contribution in [3.05, 3.63) is 65.5 Å². The fourth-order valence-electron chi connectivity index (χ4n) is 3.08. The summed E-state index contributed by atoms with van der Waals surface area (Å²) in [5, 5.41) is 12.1. The van der Waals surface area contributed by atoms with Crippen LogP contribution in [0.25, 0.3) is 0 Å². The molecule has 2 aromatic rings. The molecule has 122 valence electrons.